The summed E-state index contributed by atoms with van der Waals surface area (Å²) in [5.41, 5.74) is 10.7. The van der Waals surface area contributed by atoms with Gasteiger partial charge >= 0.3 is 0 Å². The molecule has 0 radical (unpaired) electrons. The molecular formula is C15H13IN4. The Morgan fingerprint density at radius 1 is 1.05 bits per heavy atom. The number of benzene rings is 2. The quantitative estimate of drug-likeness (QED) is 0.545. The Hall–Kier alpha value is -1.89. The normalized spacial score (nSPS) is 10.7. The molecule has 3 N–H and O–H groups in total. The number of anilines is 1. The predicted octanol–water partition coefficient (Wildman–Crippen LogP) is 3.25. The second-order valence-corrected chi connectivity index (χ2v) is 5.68. The van der Waals surface area contributed by atoms with E-state index in [0.29, 0.717) is 0 Å². The number of H-pyrrole nitrogens is 1. The zero-order valence-electron chi connectivity index (χ0n) is 10.7. The molecule has 0 saturated carbocycles. The lowest BCUT2D eigenvalue weighted by Crippen LogP contribution is -1.94. The molecule has 5 heteroatoms. The van der Waals surface area contributed by atoms with Gasteiger partial charge in [0, 0.05) is 21.2 Å². The van der Waals surface area contributed by atoms with Gasteiger partial charge in [0.05, 0.1) is 5.69 Å². The second-order valence-electron chi connectivity index (χ2n) is 4.52. The van der Waals surface area contributed by atoms with Crippen LogP contribution in [0.15, 0.2) is 48.5 Å². The van der Waals surface area contributed by atoms with Crippen LogP contribution in [0.25, 0.3) is 11.3 Å². The van der Waals surface area contributed by atoms with E-state index >= 15 is 0 Å². The highest BCUT2D eigenvalue weighted by Crippen LogP contribution is 2.26. The number of aromatic nitrogens is 3. The second kappa shape index (κ2) is 5.62. The van der Waals surface area contributed by atoms with Gasteiger partial charge in [0.1, 0.15) is 5.69 Å². The molecule has 0 aliphatic carbocycles. The maximum Gasteiger partial charge on any atom is 0.116 e. The van der Waals surface area contributed by atoms with E-state index in [2.05, 4.69) is 50.1 Å². The number of hydrogen-bond donors (Lipinski definition) is 2. The first-order chi connectivity index (χ1) is 9.74. The van der Waals surface area contributed by atoms with E-state index in [-0.39, 0.29) is 0 Å². The minimum Gasteiger partial charge on any atom is -0.398 e. The highest BCUT2D eigenvalue weighted by molar-refractivity contribution is 14.1. The molecule has 0 aliphatic rings. The predicted molar refractivity (Wildman–Crippen MR) is 88.2 cm³/mol. The van der Waals surface area contributed by atoms with Crippen LogP contribution in [-0.4, -0.2) is 15.4 Å². The first-order valence-electron chi connectivity index (χ1n) is 6.23. The van der Waals surface area contributed by atoms with Gasteiger partial charge in [-0.15, -0.1) is 0 Å². The molecule has 3 aromatic rings. The van der Waals surface area contributed by atoms with Gasteiger partial charge < -0.3 is 5.73 Å². The topological polar surface area (TPSA) is 67.6 Å². The van der Waals surface area contributed by atoms with Crippen molar-refractivity contribution >= 4 is 28.3 Å². The van der Waals surface area contributed by atoms with Crippen LogP contribution in [0.1, 0.15) is 11.3 Å². The minimum atomic E-state index is 0.758. The average Bonchev–Trinajstić information content (AvgIpc) is 2.91. The van der Waals surface area contributed by atoms with Gasteiger partial charge in [-0.25, -0.2) is 0 Å². The fraction of sp³-hybridized carbons (Fsp3) is 0.0667. The summed E-state index contributed by atoms with van der Waals surface area (Å²) in [7, 11) is 0. The number of hydrogen-bond acceptors (Lipinski definition) is 3. The van der Waals surface area contributed by atoms with Crippen LogP contribution in [0, 0.1) is 3.57 Å². The Balaban J connectivity index is 1.95. The molecule has 0 unspecified atom stereocenters. The van der Waals surface area contributed by atoms with Crippen molar-refractivity contribution in [1.29, 1.82) is 0 Å². The third-order valence-corrected chi connectivity index (χ3v) is 4.04. The molecular weight excluding hydrogens is 363 g/mol. The fourth-order valence-electron chi connectivity index (χ4n) is 2.07. The third kappa shape index (κ3) is 2.67. The SMILES string of the molecule is Nc1ccc(-c2n[nH]nc2Cc2ccccc2)cc1I. The number of aromatic amines is 1. The lowest BCUT2D eigenvalue weighted by atomic mass is 10.0. The van der Waals surface area contributed by atoms with Crippen LogP contribution in [0.3, 0.4) is 0 Å². The van der Waals surface area contributed by atoms with Crippen molar-refractivity contribution in [2.24, 2.45) is 0 Å². The van der Waals surface area contributed by atoms with E-state index in [4.69, 9.17) is 5.73 Å². The molecule has 1 heterocycles. The van der Waals surface area contributed by atoms with Gasteiger partial charge in [-0.05, 0) is 40.3 Å². The highest BCUT2D eigenvalue weighted by Gasteiger charge is 2.11. The van der Waals surface area contributed by atoms with Gasteiger partial charge in [0.2, 0.25) is 0 Å². The van der Waals surface area contributed by atoms with Crippen molar-refractivity contribution in [3.63, 3.8) is 0 Å². The van der Waals surface area contributed by atoms with E-state index in [9.17, 15) is 0 Å². The van der Waals surface area contributed by atoms with Crippen LogP contribution in [0.2, 0.25) is 0 Å². The summed E-state index contributed by atoms with van der Waals surface area (Å²) < 4.78 is 1.02. The number of nitrogen functional groups attached to an aromatic ring is 1. The van der Waals surface area contributed by atoms with Crippen molar-refractivity contribution in [2.75, 3.05) is 5.73 Å². The van der Waals surface area contributed by atoms with Crippen LogP contribution >= 0.6 is 22.6 Å². The number of nitrogens with zero attached hydrogens (tertiary/aromatic N) is 2. The van der Waals surface area contributed by atoms with E-state index in [1.165, 1.54) is 5.56 Å². The molecule has 0 amide bonds. The largest absolute Gasteiger partial charge is 0.398 e. The van der Waals surface area contributed by atoms with Crippen molar-refractivity contribution < 1.29 is 0 Å². The molecule has 2 aromatic carbocycles. The molecule has 0 aliphatic heterocycles. The molecule has 0 atom stereocenters. The number of nitrogens with two attached hydrogens (primary N) is 1. The third-order valence-electron chi connectivity index (χ3n) is 3.11. The number of halogens is 1. The molecule has 20 heavy (non-hydrogen) atoms. The Bertz CT molecular complexity index is 722. The molecule has 100 valence electrons. The van der Waals surface area contributed by atoms with Crippen LogP contribution in [0.5, 0.6) is 0 Å². The van der Waals surface area contributed by atoms with Gasteiger partial charge in [0.25, 0.3) is 0 Å². The number of rotatable bonds is 3. The fourth-order valence-corrected chi connectivity index (χ4v) is 2.59. The lowest BCUT2D eigenvalue weighted by Gasteiger charge is -2.04. The van der Waals surface area contributed by atoms with Crippen LogP contribution < -0.4 is 5.73 Å². The van der Waals surface area contributed by atoms with Crippen LogP contribution in [-0.2, 0) is 6.42 Å². The minimum absolute atomic E-state index is 0.758. The monoisotopic (exact) mass is 376 g/mol. The van der Waals surface area contributed by atoms with Gasteiger partial charge in [-0.2, -0.15) is 15.4 Å². The van der Waals surface area contributed by atoms with E-state index in [1.807, 2.05) is 36.4 Å². The standard InChI is InChI=1S/C15H13IN4/c16-12-9-11(6-7-13(12)17)15-14(18-20-19-15)8-10-4-2-1-3-5-10/h1-7,9H,8,17H2,(H,18,19,20). The summed E-state index contributed by atoms with van der Waals surface area (Å²) >= 11 is 2.23. The smallest absolute Gasteiger partial charge is 0.116 e. The first kappa shape index (κ1) is 13.1. The van der Waals surface area contributed by atoms with Crippen LogP contribution in [0.4, 0.5) is 5.69 Å². The highest BCUT2D eigenvalue weighted by atomic mass is 127. The van der Waals surface area contributed by atoms with Crippen molar-refractivity contribution in [2.45, 2.75) is 6.42 Å². The van der Waals surface area contributed by atoms with E-state index in [0.717, 1.165) is 32.6 Å². The summed E-state index contributed by atoms with van der Waals surface area (Å²) in [6.45, 7) is 0. The summed E-state index contributed by atoms with van der Waals surface area (Å²) in [5.74, 6) is 0. The lowest BCUT2D eigenvalue weighted by molar-refractivity contribution is 0.916. The summed E-state index contributed by atoms with van der Waals surface area (Å²) in [6.07, 6.45) is 0.758. The van der Waals surface area contributed by atoms with Crippen molar-refractivity contribution in [1.82, 2.24) is 15.4 Å². The molecule has 0 fully saturated rings. The maximum absolute atomic E-state index is 5.85. The molecule has 1 aromatic heterocycles. The Morgan fingerprint density at radius 3 is 2.60 bits per heavy atom. The summed E-state index contributed by atoms with van der Waals surface area (Å²) in [6, 6.07) is 16.2. The summed E-state index contributed by atoms with van der Waals surface area (Å²) in [4.78, 5) is 0. The Morgan fingerprint density at radius 2 is 1.85 bits per heavy atom. The maximum atomic E-state index is 5.85. The first-order valence-corrected chi connectivity index (χ1v) is 7.31. The van der Waals surface area contributed by atoms with E-state index < -0.39 is 0 Å². The number of nitrogens with one attached hydrogen (secondary N) is 1. The van der Waals surface area contributed by atoms with Gasteiger partial charge in [-0.3, -0.25) is 0 Å². The van der Waals surface area contributed by atoms with Gasteiger partial charge in [-0.1, -0.05) is 36.4 Å². The zero-order valence-corrected chi connectivity index (χ0v) is 12.8. The molecule has 3 rings (SSSR count). The summed E-state index contributed by atoms with van der Waals surface area (Å²) in [5, 5.41) is 11.3. The molecule has 0 spiro atoms. The molecule has 0 bridgehead atoms. The molecule has 4 nitrogen and oxygen atoms in total. The average molecular weight is 376 g/mol. The van der Waals surface area contributed by atoms with Gasteiger partial charge in [0.15, 0.2) is 0 Å². The van der Waals surface area contributed by atoms with Crippen molar-refractivity contribution in [3.05, 3.63) is 63.4 Å². The van der Waals surface area contributed by atoms with E-state index in [1.54, 1.807) is 0 Å². The Kier molecular flexibility index (Phi) is 3.68. The molecule has 0 saturated heterocycles. The van der Waals surface area contributed by atoms with Crippen molar-refractivity contribution in [3.8, 4) is 11.3 Å². The zero-order chi connectivity index (χ0) is 13.9. The Labute approximate surface area is 130 Å².